The van der Waals surface area contributed by atoms with Crippen LogP contribution >= 0.6 is 11.3 Å². The first-order valence-corrected chi connectivity index (χ1v) is 21.4. The zero-order valence-electron chi connectivity index (χ0n) is 34.7. The van der Waals surface area contributed by atoms with Crippen LogP contribution in [0, 0.1) is 5.41 Å². The summed E-state index contributed by atoms with van der Waals surface area (Å²) >= 11 is 1.59. The molecule has 14 nitrogen and oxygen atoms in total. The zero-order valence-corrected chi connectivity index (χ0v) is 35.5. The molecule has 0 saturated heterocycles. The van der Waals surface area contributed by atoms with Gasteiger partial charge in [-0.05, 0) is 104 Å². The van der Waals surface area contributed by atoms with Crippen molar-refractivity contribution in [1.82, 2.24) is 39.9 Å². The quantitative estimate of drug-likeness (QED) is 0.105. The van der Waals surface area contributed by atoms with Crippen LogP contribution in [-0.4, -0.2) is 58.5 Å². The van der Waals surface area contributed by atoms with E-state index in [1.54, 1.807) is 67.5 Å². The maximum atomic E-state index is 13.7. The summed E-state index contributed by atoms with van der Waals surface area (Å²) in [5, 5.41) is 4.18. The molecule has 5 aromatic heterocycles. The Morgan fingerprint density at radius 3 is 2.36 bits per heavy atom. The number of rotatable bonds is 13. The predicted octanol–water partition coefficient (Wildman–Crippen LogP) is 10.5. The van der Waals surface area contributed by atoms with Crippen LogP contribution in [0.15, 0.2) is 134 Å². The van der Waals surface area contributed by atoms with Crippen molar-refractivity contribution in [2.75, 3.05) is 12.4 Å². The van der Waals surface area contributed by atoms with Gasteiger partial charge in [0, 0.05) is 48.0 Å². The van der Waals surface area contributed by atoms with E-state index in [1.165, 1.54) is 6.20 Å². The number of H-pyrrole nitrogens is 1. The Kier molecular flexibility index (Phi) is 10.7. The molecule has 9 aromatic rings. The Hall–Kier alpha value is -7.91. The first-order valence-electron chi connectivity index (χ1n) is 20.6. The van der Waals surface area contributed by atoms with Gasteiger partial charge in [-0.25, -0.2) is 24.9 Å². The Labute approximate surface area is 370 Å². The standard InChI is InChI=1S/C49H39N9O5S/c1-49(20-19-40(59)36(25-49)43-46(52-22-21-51-43)62-33-15-11-29(12-16-33)44(60)45-56-37-7-3-4-8-38(37)57-45)24-32-27-53-42(30-23-35(61-2)28-50-26-30)47(54-32)63-34-17-13-31(14-18-34)55-48-58-39-9-5-6-10-41(39)64-48/h3-18,21-23,26-28,36H,19-20,24-25H2,1-2H3,(H,55,58)(H,56,57)/t36-,49?/m1/s1. The summed E-state index contributed by atoms with van der Waals surface area (Å²) in [6.45, 7) is 2.15. The number of carbonyl (C=O) groups is 2. The summed E-state index contributed by atoms with van der Waals surface area (Å²) in [6, 6.07) is 31.7. The number of anilines is 2. The topological polar surface area (TPSA) is 180 Å². The number of benzene rings is 4. The SMILES string of the molecule is COc1cncc(-c2ncc(CC3(C)CCC(=O)[C@H](c4nccnc4Oc4ccc(C(=O)c5nc6ccccc6[nH]5)cc4)C3)nc2Oc2ccc(Nc3nc4ccccc4s3)cc2)c1. The van der Waals surface area contributed by atoms with Crippen molar-refractivity contribution in [2.24, 2.45) is 5.41 Å². The molecular formula is C49H39N9O5S. The van der Waals surface area contributed by atoms with E-state index in [2.05, 4.69) is 48.2 Å². The van der Waals surface area contributed by atoms with Crippen molar-refractivity contribution in [3.63, 3.8) is 0 Å². The number of pyridine rings is 1. The molecule has 1 aliphatic rings. The van der Waals surface area contributed by atoms with Gasteiger partial charge in [-0.3, -0.25) is 19.6 Å². The molecule has 1 fully saturated rings. The summed E-state index contributed by atoms with van der Waals surface area (Å²) < 4.78 is 19.3. The van der Waals surface area contributed by atoms with Crippen molar-refractivity contribution < 1.29 is 23.8 Å². The highest BCUT2D eigenvalue weighted by atomic mass is 32.1. The highest BCUT2D eigenvalue weighted by Crippen LogP contribution is 2.46. The number of para-hydroxylation sites is 3. The highest BCUT2D eigenvalue weighted by molar-refractivity contribution is 7.22. The summed E-state index contributed by atoms with van der Waals surface area (Å²) in [6.07, 6.45) is 10.2. The van der Waals surface area contributed by atoms with E-state index in [4.69, 9.17) is 24.2 Å². The number of aromatic nitrogens is 8. The fourth-order valence-corrected chi connectivity index (χ4v) is 8.87. The minimum absolute atomic E-state index is 0.0617. The highest BCUT2D eigenvalue weighted by Gasteiger charge is 2.40. The average Bonchev–Trinajstić information content (AvgIpc) is 3.95. The number of nitrogens with zero attached hydrogens (tertiary/aromatic N) is 7. The lowest BCUT2D eigenvalue weighted by molar-refractivity contribution is -0.124. The fourth-order valence-electron chi connectivity index (χ4n) is 7.98. The van der Waals surface area contributed by atoms with Gasteiger partial charge in [0.25, 0.3) is 0 Å². The van der Waals surface area contributed by atoms with E-state index >= 15 is 0 Å². The first-order chi connectivity index (χ1) is 31.3. The maximum Gasteiger partial charge on any atom is 0.246 e. The molecule has 2 N–H and O–H groups in total. The van der Waals surface area contributed by atoms with Crippen LogP contribution in [0.5, 0.6) is 29.0 Å². The zero-order chi connectivity index (χ0) is 43.6. The van der Waals surface area contributed by atoms with Crippen molar-refractivity contribution in [3.8, 4) is 40.3 Å². The van der Waals surface area contributed by atoms with Crippen LogP contribution in [0.4, 0.5) is 10.8 Å². The molecule has 0 bridgehead atoms. The molecule has 1 saturated carbocycles. The third-order valence-electron chi connectivity index (χ3n) is 11.3. The van der Waals surface area contributed by atoms with Crippen molar-refractivity contribution in [3.05, 3.63) is 157 Å². The van der Waals surface area contributed by atoms with Crippen molar-refractivity contribution >= 4 is 55.0 Å². The molecule has 0 aliphatic heterocycles. The van der Waals surface area contributed by atoms with Gasteiger partial charge in [0.1, 0.15) is 34.4 Å². The third kappa shape index (κ3) is 8.48. The number of Topliss-reactive ketones (excluding diaryl/α,β-unsaturated/α-hetero) is 1. The van der Waals surface area contributed by atoms with E-state index < -0.39 is 5.92 Å². The van der Waals surface area contributed by atoms with Gasteiger partial charge in [-0.15, -0.1) is 0 Å². The molecule has 0 amide bonds. The normalized spacial score (nSPS) is 16.2. The van der Waals surface area contributed by atoms with Gasteiger partial charge in [-0.1, -0.05) is 42.5 Å². The van der Waals surface area contributed by atoms with Gasteiger partial charge < -0.3 is 24.5 Å². The summed E-state index contributed by atoms with van der Waals surface area (Å²) in [5.41, 5.74) is 5.72. The van der Waals surface area contributed by atoms with Crippen LogP contribution in [0.2, 0.25) is 0 Å². The van der Waals surface area contributed by atoms with E-state index in [9.17, 15) is 9.59 Å². The number of fused-ring (bicyclic) bond motifs is 2. The van der Waals surface area contributed by atoms with Crippen molar-refractivity contribution in [2.45, 2.75) is 38.5 Å². The number of aromatic amines is 1. The monoisotopic (exact) mass is 865 g/mol. The molecule has 316 valence electrons. The van der Waals surface area contributed by atoms with Crippen LogP contribution in [0.25, 0.3) is 32.5 Å². The lowest BCUT2D eigenvalue weighted by Crippen LogP contribution is -2.33. The maximum absolute atomic E-state index is 13.7. The molecule has 10 rings (SSSR count). The van der Waals surface area contributed by atoms with Crippen molar-refractivity contribution in [1.29, 1.82) is 0 Å². The van der Waals surface area contributed by atoms with E-state index in [0.717, 1.165) is 26.6 Å². The first kappa shape index (κ1) is 40.2. The van der Waals surface area contributed by atoms with E-state index in [0.29, 0.717) is 82.5 Å². The second-order valence-corrected chi connectivity index (χ2v) is 16.9. The minimum atomic E-state index is -0.572. The number of thiazole rings is 1. The molecule has 1 aliphatic carbocycles. The lowest BCUT2D eigenvalue weighted by atomic mass is 9.67. The molecular weight excluding hydrogens is 827 g/mol. The van der Waals surface area contributed by atoms with Crippen LogP contribution < -0.4 is 19.5 Å². The van der Waals surface area contributed by atoms with Gasteiger partial charge in [0.2, 0.25) is 17.5 Å². The Bertz CT molecular complexity index is 3110. The third-order valence-corrected chi connectivity index (χ3v) is 12.2. The second-order valence-electron chi connectivity index (χ2n) is 15.9. The summed E-state index contributed by atoms with van der Waals surface area (Å²) in [4.78, 5) is 62.6. The second kappa shape index (κ2) is 17.1. The molecule has 0 spiro atoms. The molecule has 15 heteroatoms. The number of hydrogen-bond donors (Lipinski definition) is 2. The number of methoxy groups -OCH3 is 1. The minimum Gasteiger partial charge on any atom is -0.495 e. The van der Waals surface area contributed by atoms with Gasteiger partial charge in [0.05, 0.1) is 46.2 Å². The molecule has 64 heavy (non-hydrogen) atoms. The number of imidazole rings is 1. The van der Waals surface area contributed by atoms with Crippen LogP contribution in [0.1, 0.15) is 59.7 Å². The molecule has 2 atom stereocenters. The molecule has 1 unspecified atom stereocenters. The number of ether oxygens (including phenoxy) is 3. The number of carbonyl (C=O) groups excluding carboxylic acids is 2. The Balaban J connectivity index is 0.871. The number of ketones is 2. The van der Waals surface area contributed by atoms with E-state index in [1.807, 2.05) is 72.8 Å². The Morgan fingerprint density at radius 2 is 1.56 bits per heavy atom. The van der Waals surface area contributed by atoms with Crippen LogP contribution in [0.3, 0.4) is 0 Å². The molecule has 5 heterocycles. The van der Waals surface area contributed by atoms with Crippen LogP contribution in [-0.2, 0) is 11.2 Å². The molecule has 0 radical (unpaired) electrons. The van der Waals surface area contributed by atoms with Gasteiger partial charge >= 0.3 is 0 Å². The van der Waals surface area contributed by atoms with Gasteiger partial charge in [0.15, 0.2) is 11.0 Å². The lowest BCUT2D eigenvalue weighted by Gasteiger charge is -2.37. The average molecular weight is 866 g/mol. The number of hydrogen-bond acceptors (Lipinski definition) is 14. The Morgan fingerprint density at radius 1 is 0.812 bits per heavy atom. The fraction of sp³-hybridized carbons (Fsp3) is 0.163. The number of nitrogens with one attached hydrogen (secondary N) is 2. The molecule has 4 aromatic carbocycles. The van der Waals surface area contributed by atoms with E-state index in [-0.39, 0.29) is 28.7 Å². The largest absolute Gasteiger partial charge is 0.495 e. The predicted molar refractivity (Wildman–Crippen MR) is 243 cm³/mol. The van der Waals surface area contributed by atoms with Gasteiger partial charge in [-0.2, -0.15) is 0 Å². The summed E-state index contributed by atoms with van der Waals surface area (Å²) in [7, 11) is 1.59. The summed E-state index contributed by atoms with van der Waals surface area (Å²) in [5.74, 6) is 1.62. The smallest absolute Gasteiger partial charge is 0.246 e.